The van der Waals surface area contributed by atoms with E-state index >= 15 is 0 Å². The molecule has 180 valence electrons. The van der Waals surface area contributed by atoms with Crippen LogP contribution in [-0.2, 0) is 19.5 Å². The van der Waals surface area contributed by atoms with Crippen molar-refractivity contribution >= 4 is 5.97 Å². The van der Waals surface area contributed by atoms with E-state index in [9.17, 15) is 14.7 Å². The minimum atomic E-state index is -0.937. The van der Waals surface area contributed by atoms with Gasteiger partial charge in [-0.25, -0.2) is 14.3 Å². The van der Waals surface area contributed by atoms with Crippen LogP contribution in [0.25, 0.3) is 11.1 Å². The maximum absolute atomic E-state index is 13.3. The Hall–Kier alpha value is -3.15. The minimum absolute atomic E-state index is 0.0163. The number of carboxylic acids is 1. The highest BCUT2D eigenvalue weighted by molar-refractivity contribution is 5.95. The molecule has 0 saturated heterocycles. The fraction of sp³-hybridized carbons (Fsp3) is 0.464. The number of aryl methyl sites for hydroxylation is 1. The van der Waals surface area contributed by atoms with Gasteiger partial charge in [-0.2, -0.15) is 5.10 Å². The van der Waals surface area contributed by atoms with E-state index < -0.39 is 5.97 Å². The Morgan fingerprint density at radius 1 is 1.03 bits per heavy atom. The number of hydrogen-bond acceptors (Lipinski definition) is 3. The number of benzene rings is 2. The molecule has 1 aliphatic carbocycles. The molecular formula is C28H35N3O3. The van der Waals surface area contributed by atoms with Gasteiger partial charge in [-0.1, -0.05) is 81.5 Å². The first-order chi connectivity index (χ1) is 16.6. The summed E-state index contributed by atoms with van der Waals surface area (Å²) < 4.78 is 3.54. The van der Waals surface area contributed by atoms with Crippen molar-refractivity contribution in [3.63, 3.8) is 0 Å². The Morgan fingerprint density at radius 3 is 2.47 bits per heavy atom. The van der Waals surface area contributed by atoms with Crippen molar-refractivity contribution in [2.24, 2.45) is 5.92 Å². The topological polar surface area (TPSA) is 77.1 Å². The summed E-state index contributed by atoms with van der Waals surface area (Å²) in [5, 5.41) is 14.3. The van der Waals surface area contributed by atoms with Gasteiger partial charge in [0.2, 0.25) is 0 Å². The van der Waals surface area contributed by atoms with Crippen molar-refractivity contribution in [2.45, 2.75) is 77.8 Å². The van der Waals surface area contributed by atoms with Gasteiger partial charge in [-0.05, 0) is 47.9 Å². The van der Waals surface area contributed by atoms with E-state index in [1.807, 2.05) is 41.0 Å². The normalized spacial score (nSPS) is 14.4. The average Bonchev–Trinajstić information content (AvgIpc) is 3.14. The number of unbranched alkanes of at least 4 members (excludes halogenated alkanes) is 2. The number of carboxylic acid groups (broad SMARTS) is 1. The molecule has 3 aromatic rings. The van der Waals surface area contributed by atoms with Crippen LogP contribution in [0.1, 0.15) is 80.0 Å². The van der Waals surface area contributed by atoms with Gasteiger partial charge in [0.1, 0.15) is 5.82 Å². The molecule has 6 heteroatoms. The molecular weight excluding hydrogens is 426 g/mol. The van der Waals surface area contributed by atoms with Gasteiger partial charge >= 0.3 is 11.7 Å². The molecule has 0 atom stereocenters. The van der Waals surface area contributed by atoms with Crippen molar-refractivity contribution < 1.29 is 9.90 Å². The predicted octanol–water partition coefficient (Wildman–Crippen LogP) is 5.77. The van der Waals surface area contributed by atoms with Gasteiger partial charge in [-0.15, -0.1) is 0 Å². The molecule has 1 saturated carbocycles. The second-order valence-corrected chi connectivity index (χ2v) is 9.48. The Labute approximate surface area is 201 Å². The van der Waals surface area contributed by atoms with Gasteiger partial charge in [-0.3, -0.25) is 4.57 Å². The van der Waals surface area contributed by atoms with E-state index in [4.69, 9.17) is 5.10 Å². The zero-order valence-electron chi connectivity index (χ0n) is 20.1. The van der Waals surface area contributed by atoms with E-state index in [1.54, 1.807) is 16.8 Å². The Bertz CT molecular complexity index is 1150. The minimum Gasteiger partial charge on any atom is -0.478 e. The Morgan fingerprint density at radius 2 is 1.76 bits per heavy atom. The highest BCUT2D eigenvalue weighted by Crippen LogP contribution is 2.26. The first kappa shape index (κ1) is 24.0. The predicted molar refractivity (Wildman–Crippen MR) is 134 cm³/mol. The Balaban J connectivity index is 1.57. The average molecular weight is 462 g/mol. The van der Waals surface area contributed by atoms with Crippen LogP contribution in [0.5, 0.6) is 0 Å². The fourth-order valence-electron chi connectivity index (χ4n) is 4.99. The molecule has 1 heterocycles. The lowest BCUT2D eigenvalue weighted by molar-refractivity contribution is 0.0697. The molecule has 4 rings (SSSR count). The number of rotatable bonds is 10. The van der Waals surface area contributed by atoms with Crippen LogP contribution in [0.4, 0.5) is 0 Å². The standard InChI is InChI=1S/C28H35N3O3/c1-2-3-5-14-26-29-31(20-21-10-6-4-7-11-21)28(34)30(26)19-22-15-17-23(18-16-22)24-12-8-9-13-25(24)27(32)33/h8-9,12-13,15-18,21H,2-7,10-11,14,19-20H2,1H3,(H,32,33). The van der Waals surface area contributed by atoms with E-state index in [0.717, 1.165) is 49.2 Å². The molecule has 1 fully saturated rings. The summed E-state index contributed by atoms with van der Waals surface area (Å²) in [4.78, 5) is 24.9. The molecule has 0 spiro atoms. The second-order valence-electron chi connectivity index (χ2n) is 9.48. The molecule has 0 amide bonds. The number of nitrogens with zero attached hydrogens (tertiary/aromatic N) is 3. The largest absolute Gasteiger partial charge is 0.478 e. The summed E-state index contributed by atoms with van der Waals surface area (Å²) in [7, 11) is 0. The van der Waals surface area contributed by atoms with Crippen LogP contribution < -0.4 is 5.69 Å². The summed E-state index contributed by atoms with van der Waals surface area (Å²) >= 11 is 0. The summed E-state index contributed by atoms with van der Waals surface area (Å²) in [6, 6.07) is 14.9. The molecule has 34 heavy (non-hydrogen) atoms. The van der Waals surface area contributed by atoms with Crippen molar-refractivity contribution in [1.82, 2.24) is 14.3 Å². The van der Waals surface area contributed by atoms with Crippen LogP contribution in [-0.4, -0.2) is 25.4 Å². The lowest BCUT2D eigenvalue weighted by Crippen LogP contribution is -2.29. The summed E-state index contributed by atoms with van der Waals surface area (Å²) in [5.41, 5.74) is 2.82. The first-order valence-corrected chi connectivity index (χ1v) is 12.6. The van der Waals surface area contributed by atoms with Crippen LogP contribution >= 0.6 is 0 Å². The van der Waals surface area contributed by atoms with E-state index in [0.29, 0.717) is 18.0 Å². The van der Waals surface area contributed by atoms with E-state index in [-0.39, 0.29) is 11.3 Å². The highest BCUT2D eigenvalue weighted by atomic mass is 16.4. The Kier molecular flexibility index (Phi) is 7.99. The molecule has 0 bridgehead atoms. The summed E-state index contributed by atoms with van der Waals surface area (Å²) in [6.07, 6.45) is 10.3. The van der Waals surface area contributed by atoms with Crippen LogP contribution in [0.15, 0.2) is 53.3 Å². The van der Waals surface area contributed by atoms with Crippen LogP contribution in [0, 0.1) is 5.92 Å². The third-order valence-electron chi connectivity index (χ3n) is 6.92. The molecule has 1 aliphatic rings. The SMILES string of the molecule is CCCCCc1nn(CC2CCCCC2)c(=O)n1Cc1ccc(-c2ccccc2C(=O)O)cc1. The van der Waals surface area contributed by atoms with Gasteiger partial charge in [0.25, 0.3) is 0 Å². The molecule has 2 aromatic carbocycles. The molecule has 0 radical (unpaired) electrons. The van der Waals surface area contributed by atoms with E-state index in [1.165, 1.54) is 32.1 Å². The maximum Gasteiger partial charge on any atom is 0.346 e. The fourth-order valence-corrected chi connectivity index (χ4v) is 4.99. The maximum atomic E-state index is 13.3. The lowest BCUT2D eigenvalue weighted by Gasteiger charge is -2.20. The van der Waals surface area contributed by atoms with Gasteiger partial charge in [0.05, 0.1) is 12.1 Å². The van der Waals surface area contributed by atoms with Crippen molar-refractivity contribution in [3.05, 3.63) is 76.0 Å². The molecule has 6 nitrogen and oxygen atoms in total. The second kappa shape index (κ2) is 11.3. The monoisotopic (exact) mass is 461 g/mol. The number of carbonyl (C=O) groups is 1. The van der Waals surface area contributed by atoms with Crippen molar-refractivity contribution in [1.29, 1.82) is 0 Å². The first-order valence-electron chi connectivity index (χ1n) is 12.6. The van der Waals surface area contributed by atoms with Crippen LogP contribution in [0.2, 0.25) is 0 Å². The molecule has 1 N–H and O–H groups in total. The van der Waals surface area contributed by atoms with Gasteiger partial charge < -0.3 is 5.11 Å². The number of aromatic carboxylic acids is 1. The van der Waals surface area contributed by atoms with Crippen molar-refractivity contribution in [2.75, 3.05) is 0 Å². The summed E-state index contributed by atoms with van der Waals surface area (Å²) in [6.45, 7) is 3.38. The quantitative estimate of drug-likeness (QED) is 0.389. The van der Waals surface area contributed by atoms with Crippen LogP contribution in [0.3, 0.4) is 0 Å². The number of aromatic nitrogens is 3. The van der Waals surface area contributed by atoms with E-state index in [2.05, 4.69) is 6.92 Å². The molecule has 1 aromatic heterocycles. The smallest absolute Gasteiger partial charge is 0.346 e. The molecule has 0 aliphatic heterocycles. The van der Waals surface area contributed by atoms with Gasteiger partial charge in [0, 0.05) is 13.0 Å². The third-order valence-corrected chi connectivity index (χ3v) is 6.92. The zero-order valence-corrected chi connectivity index (χ0v) is 20.1. The highest BCUT2D eigenvalue weighted by Gasteiger charge is 2.19. The van der Waals surface area contributed by atoms with Crippen molar-refractivity contribution in [3.8, 4) is 11.1 Å². The van der Waals surface area contributed by atoms with Gasteiger partial charge in [0.15, 0.2) is 0 Å². The third kappa shape index (κ3) is 5.66. The lowest BCUT2D eigenvalue weighted by atomic mass is 9.89. The summed E-state index contributed by atoms with van der Waals surface area (Å²) in [5.74, 6) is 0.481. The number of hydrogen-bond donors (Lipinski definition) is 1. The zero-order chi connectivity index (χ0) is 23.9. The molecule has 0 unspecified atom stereocenters.